The van der Waals surface area contributed by atoms with Crippen molar-refractivity contribution >= 4 is 35.8 Å². The van der Waals surface area contributed by atoms with Gasteiger partial charge in [0.15, 0.2) is 0 Å². The van der Waals surface area contributed by atoms with Crippen molar-refractivity contribution in [1.29, 1.82) is 0 Å². The summed E-state index contributed by atoms with van der Waals surface area (Å²) < 4.78 is 35.0. The summed E-state index contributed by atoms with van der Waals surface area (Å²) in [5.41, 5.74) is -3.46. The molecule has 0 heterocycles. The molecular formula is C95H196O12. The topological polar surface area (TPSA) is 158 Å². The average Bonchev–Trinajstić information content (AvgIpc) is 1.45. The van der Waals surface area contributed by atoms with Gasteiger partial charge in [0.1, 0.15) is 33.6 Å². The van der Waals surface area contributed by atoms with Crippen molar-refractivity contribution in [1.82, 2.24) is 0 Å². The van der Waals surface area contributed by atoms with Gasteiger partial charge in [0, 0.05) is 0 Å². The lowest BCUT2D eigenvalue weighted by atomic mass is 9.47. The monoisotopic (exact) mass is 1530 g/mol. The standard InChI is InChI=1S/C19H32O2.C16H28O2.C15H28O2.C14H26O2.C11H22O2.C10H20O2.10CH4/c1-6-18(4,5)17(20)21-19(12(2)3)15-8-13-7-14(10-15)11-16(19)9-13;1-6-15(4,5)14(17)18-16(11(2)3)10-12-7-8-13(16)9-12;1-6-14(4,5)13(16)17-15(12(2)3)10-8-7-9-11-15;1-5-13(3,4)12(15)16-14(6-2)10-8-7-9-11-14;1-7-10(3,4)9(12)13-11(5,6)8-2;1-7-10(5,6)8(11)12-9(2,3)4;;;;;;;;;;/h12-16H,6-11H2,1-5H3;11-13H,6-10H2,1-5H3;12H,6-11H2,1-5H3;5-11H2,1-4H3;7-8H2,1-6H3;7H2,1-6H3;10*1H4. The van der Waals surface area contributed by atoms with Gasteiger partial charge in [0.25, 0.3) is 0 Å². The number of hydrogen-bond donors (Lipinski definition) is 0. The molecule has 0 aromatic carbocycles. The molecule has 0 saturated heterocycles. The highest BCUT2D eigenvalue weighted by Gasteiger charge is 2.62. The number of ether oxygens (including phenoxy) is 6. The molecule has 107 heavy (non-hydrogen) atoms. The molecule has 0 aliphatic heterocycles. The molecule has 0 N–H and O–H groups in total. The molecule has 3 unspecified atom stereocenters. The Bertz CT molecular complexity index is 2420. The van der Waals surface area contributed by atoms with Crippen LogP contribution in [0.4, 0.5) is 0 Å². The summed E-state index contributed by atoms with van der Waals surface area (Å²) in [6, 6.07) is 0. The molecule has 0 aromatic heterocycles. The lowest BCUT2D eigenvalue weighted by Gasteiger charge is -2.62. The number of carbonyl (C=O) groups excluding carboxylic acids is 6. The minimum Gasteiger partial charge on any atom is -0.460 e. The SMILES string of the molecule is C.C.C.C.C.C.C.C.C.C.CCC(C)(C)C(=O)OC(C)(C)C.CCC(C)(C)C(=O)OC1(C(C)C)C2CC3CC(C2)CC1C3.CCC(C)(C)C(=O)OC1(C(C)C)CC2CCC1C2.CCC(C)(C)C(=O)OC1(C(C)C)CCCCC1.CCC(C)(C)OC(=O)C(C)(C)CC.CCC1(OC(=O)C(C)(C)CC)CCCCC1. The normalized spacial score (nSPS) is 23.4. The molecule has 3 atom stereocenters. The minimum atomic E-state index is -0.372. The minimum absolute atomic E-state index is 0. The van der Waals surface area contributed by atoms with Crippen molar-refractivity contribution < 1.29 is 57.2 Å². The number of fused-ring (bicyclic) bond motifs is 2. The molecule has 8 saturated carbocycles. The van der Waals surface area contributed by atoms with Gasteiger partial charge in [-0.3, -0.25) is 28.8 Å². The molecule has 8 aliphatic rings. The van der Waals surface area contributed by atoms with Crippen LogP contribution in [0.1, 0.15) is 462 Å². The van der Waals surface area contributed by atoms with E-state index >= 15 is 0 Å². The van der Waals surface area contributed by atoms with Crippen molar-refractivity contribution in [2.75, 3.05) is 0 Å². The van der Waals surface area contributed by atoms with Crippen LogP contribution in [0.2, 0.25) is 0 Å². The fraction of sp³-hybridized carbons (Fsp3) is 0.937. The molecular weight excluding hydrogens is 1330 g/mol. The maximum atomic E-state index is 12.8. The van der Waals surface area contributed by atoms with Crippen LogP contribution in [0.3, 0.4) is 0 Å². The van der Waals surface area contributed by atoms with Crippen LogP contribution in [0.15, 0.2) is 0 Å². The molecule has 8 aliphatic carbocycles. The van der Waals surface area contributed by atoms with Gasteiger partial charge in [-0.05, 0) is 331 Å². The summed E-state index contributed by atoms with van der Waals surface area (Å²) in [5, 5.41) is 0. The second kappa shape index (κ2) is 49.5. The third-order valence-corrected chi connectivity index (χ3v) is 25.7. The van der Waals surface area contributed by atoms with Crippen LogP contribution in [0.25, 0.3) is 0 Å². The number of esters is 6. The third-order valence-electron chi connectivity index (χ3n) is 25.7. The molecule has 0 radical (unpaired) electrons. The van der Waals surface area contributed by atoms with E-state index in [1.54, 1.807) is 0 Å². The molecule has 8 fully saturated rings. The van der Waals surface area contributed by atoms with Crippen LogP contribution in [-0.2, 0) is 57.2 Å². The van der Waals surface area contributed by atoms with E-state index in [1.807, 2.05) is 152 Å². The molecule has 8 rings (SSSR count). The van der Waals surface area contributed by atoms with Gasteiger partial charge in [-0.15, -0.1) is 0 Å². The van der Waals surface area contributed by atoms with E-state index in [2.05, 4.69) is 62.3 Å². The maximum Gasteiger partial charge on any atom is 0.312 e. The molecule has 6 bridgehead atoms. The Kier molecular flexibility index (Phi) is 56.4. The highest BCUT2D eigenvalue weighted by molar-refractivity contribution is 5.78. The van der Waals surface area contributed by atoms with E-state index in [1.165, 1.54) is 89.9 Å². The molecule has 0 aromatic rings. The van der Waals surface area contributed by atoms with Crippen LogP contribution < -0.4 is 0 Å². The summed E-state index contributed by atoms with van der Waals surface area (Å²) >= 11 is 0. The summed E-state index contributed by atoms with van der Waals surface area (Å²) in [7, 11) is 0. The lowest BCUT2D eigenvalue weighted by Crippen LogP contribution is -2.63. The first-order valence-electron chi connectivity index (χ1n) is 39.7. The van der Waals surface area contributed by atoms with Crippen molar-refractivity contribution in [3.63, 3.8) is 0 Å². The Morgan fingerprint density at radius 1 is 0.327 bits per heavy atom. The number of hydrogen-bond acceptors (Lipinski definition) is 12. The second-order valence-electron chi connectivity index (χ2n) is 37.9. The van der Waals surface area contributed by atoms with Crippen molar-refractivity contribution in [2.45, 2.75) is 496 Å². The zero-order valence-corrected chi connectivity index (χ0v) is 69.2. The molecule has 12 heteroatoms. The highest BCUT2D eigenvalue weighted by Crippen LogP contribution is 2.62. The Labute approximate surface area is 671 Å². The van der Waals surface area contributed by atoms with Crippen molar-refractivity contribution in [2.24, 2.45) is 85.8 Å². The fourth-order valence-electron chi connectivity index (χ4n) is 15.1. The first-order valence-corrected chi connectivity index (χ1v) is 39.7. The van der Waals surface area contributed by atoms with Gasteiger partial charge in [-0.25, -0.2) is 0 Å². The first-order chi connectivity index (χ1) is 44.3. The van der Waals surface area contributed by atoms with Gasteiger partial charge in [0.2, 0.25) is 0 Å². The Morgan fingerprint density at radius 3 is 0.935 bits per heavy atom. The van der Waals surface area contributed by atoms with Crippen LogP contribution in [-0.4, -0.2) is 69.4 Å². The molecule has 648 valence electrons. The van der Waals surface area contributed by atoms with Crippen LogP contribution >= 0.6 is 0 Å². The Hall–Kier alpha value is -3.18. The van der Waals surface area contributed by atoms with E-state index in [0.717, 1.165) is 101 Å². The maximum absolute atomic E-state index is 12.8. The Balaban J connectivity index is -0.000000152. The van der Waals surface area contributed by atoms with Crippen molar-refractivity contribution in [3.8, 4) is 0 Å². The zero-order chi connectivity index (χ0) is 75.0. The van der Waals surface area contributed by atoms with E-state index < -0.39 is 0 Å². The van der Waals surface area contributed by atoms with E-state index in [0.29, 0.717) is 35.5 Å². The molecule has 0 spiro atoms. The smallest absolute Gasteiger partial charge is 0.312 e. The second-order valence-corrected chi connectivity index (χ2v) is 37.9. The van der Waals surface area contributed by atoms with E-state index in [-0.39, 0.29) is 176 Å². The lowest BCUT2D eigenvalue weighted by molar-refractivity contribution is -0.231. The summed E-state index contributed by atoms with van der Waals surface area (Å²) in [6.45, 7) is 62.8. The quantitative estimate of drug-likeness (QED) is 0.0747. The van der Waals surface area contributed by atoms with Gasteiger partial charge in [-0.1, -0.05) is 184 Å². The predicted octanol–water partition coefficient (Wildman–Crippen LogP) is 29.7. The van der Waals surface area contributed by atoms with Gasteiger partial charge in [-0.2, -0.15) is 0 Å². The molecule has 0 amide bonds. The third kappa shape index (κ3) is 33.4. The average molecular weight is 1530 g/mol. The van der Waals surface area contributed by atoms with Crippen LogP contribution in [0, 0.1) is 85.8 Å². The highest BCUT2D eigenvalue weighted by atomic mass is 16.6. The first kappa shape index (κ1) is 122. The van der Waals surface area contributed by atoms with Gasteiger partial charge in [0.05, 0.1) is 32.5 Å². The Morgan fingerprint density at radius 2 is 0.645 bits per heavy atom. The predicted molar refractivity (Wildman–Crippen MR) is 467 cm³/mol. The van der Waals surface area contributed by atoms with Gasteiger partial charge < -0.3 is 28.4 Å². The zero-order valence-electron chi connectivity index (χ0n) is 69.2. The van der Waals surface area contributed by atoms with Crippen molar-refractivity contribution in [3.05, 3.63) is 0 Å². The van der Waals surface area contributed by atoms with E-state index in [4.69, 9.17) is 28.4 Å². The summed E-state index contributed by atoms with van der Waals surface area (Å²) in [6.07, 6.45) is 29.9. The van der Waals surface area contributed by atoms with Crippen LogP contribution in [0.5, 0.6) is 0 Å². The fourth-order valence-corrected chi connectivity index (χ4v) is 15.1. The number of carbonyl (C=O) groups is 6. The van der Waals surface area contributed by atoms with E-state index in [9.17, 15) is 28.8 Å². The summed E-state index contributed by atoms with van der Waals surface area (Å²) in [5.74, 6) is 5.55. The number of rotatable bonds is 22. The largest absolute Gasteiger partial charge is 0.460 e. The summed E-state index contributed by atoms with van der Waals surface area (Å²) in [4.78, 5) is 72.7. The van der Waals surface area contributed by atoms with Gasteiger partial charge >= 0.3 is 35.8 Å². The molecule has 12 nitrogen and oxygen atoms in total.